The summed E-state index contributed by atoms with van der Waals surface area (Å²) in [6.45, 7) is 18.0. The van der Waals surface area contributed by atoms with E-state index >= 15 is 0 Å². The van der Waals surface area contributed by atoms with Crippen LogP contribution in [0.2, 0.25) is 0 Å². The molecule has 15 heterocycles. The molecule has 10 aromatic rings. The van der Waals surface area contributed by atoms with Crippen molar-refractivity contribution in [2.45, 2.75) is 151 Å². The first-order valence-electron chi connectivity index (χ1n) is 37.9. The van der Waals surface area contributed by atoms with Crippen molar-refractivity contribution < 1.29 is 54.0 Å². The fourth-order valence-electron chi connectivity index (χ4n) is 14.2. The van der Waals surface area contributed by atoms with Crippen molar-refractivity contribution in [3.05, 3.63) is 75.1 Å². The second-order valence-electron chi connectivity index (χ2n) is 33.6. The number of hydrogen-bond acceptors (Lipinski definition) is 29. The highest BCUT2D eigenvalue weighted by Gasteiger charge is 2.49. The molecule has 0 saturated carbocycles. The highest BCUT2D eigenvalue weighted by molar-refractivity contribution is 14.1. The number of nitrogen functional groups attached to an aromatic ring is 5. The molecular weight excluding hydrogens is 1780 g/mol. The number of alkyl halides is 3. The van der Waals surface area contributed by atoms with Gasteiger partial charge in [0.05, 0.1) is 101 Å². The van der Waals surface area contributed by atoms with E-state index in [4.69, 9.17) is 68.7 Å². The lowest BCUT2D eigenvalue weighted by atomic mass is 10.0. The van der Waals surface area contributed by atoms with Gasteiger partial charge in [-0.25, -0.2) is 64.8 Å². The van der Waals surface area contributed by atoms with Gasteiger partial charge >= 0.3 is 0 Å². The summed E-state index contributed by atoms with van der Waals surface area (Å²) in [5, 5.41) is 52.0. The maximum Gasteiger partial charge on any atom is 0.167 e. The predicted octanol–water partition coefficient (Wildman–Crippen LogP) is 7.87. The van der Waals surface area contributed by atoms with Crippen LogP contribution in [0.1, 0.15) is 70.2 Å². The molecule has 0 amide bonds. The summed E-state index contributed by atoms with van der Waals surface area (Å²) in [6, 6.07) is 3.42. The van der Waals surface area contributed by atoms with Crippen molar-refractivity contribution >= 4 is 201 Å². The van der Waals surface area contributed by atoms with Crippen LogP contribution in [0.15, 0.2) is 75.1 Å². The van der Waals surface area contributed by atoms with Gasteiger partial charge < -0.3 is 82.6 Å². The number of aliphatic hydroxyl groups is 5. The minimum absolute atomic E-state index is 0.0557. The molecule has 15 N–H and O–H groups in total. The van der Waals surface area contributed by atoms with Crippen molar-refractivity contribution in [1.82, 2.24) is 87.6 Å². The summed E-state index contributed by atoms with van der Waals surface area (Å²) in [6.07, 6.45) is 38.7. The summed E-state index contributed by atoms with van der Waals surface area (Å²) in [5.74, 6) is 0.948. The van der Waals surface area contributed by atoms with E-state index in [9.17, 15) is 25.5 Å². The maximum absolute atomic E-state index is 10.6. The molecule has 636 valence electrons. The van der Waals surface area contributed by atoms with Crippen LogP contribution in [0, 0.1) is 5.92 Å². The van der Waals surface area contributed by atoms with Gasteiger partial charge in [-0.1, -0.05) is 45.4 Å². The third kappa shape index (κ3) is 21.5. The fourth-order valence-corrected chi connectivity index (χ4v) is 21.0. The van der Waals surface area contributed by atoms with Gasteiger partial charge in [0.2, 0.25) is 0 Å². The molecule has 5 fully saturated rings. The lowest BCUT2D eigenvalue weighted by Gasteiger charge is -2.19. The summed E-state index contributed by atoms with van der Waals surface area (Å²) < 4.78 is 44.9. The molecule has 116 heavy (non-hydrogen) atoms. The first-order valence-corrected chi connectivity index (χ1v) is 55.7. The van der Waals surface area contributed by atoms with E-state index in [0.717, 1.165) is 62.9 Å². The third-order valence-electron chi connectivity index (χ3n) is 20.8. The Morgan fingerprint density at radius 2 is 0.716 bits per heavy atom. The van der Waals surface area contributed by atoms with E-state index in [0.29, 0.717) is 84.6 Å². The van der Waals surface area contributed by atoms with Gasteiger partial charge in [0, 0.05) is 25.4 Å². The second kappa shape index (κ2) is 37.4. The number of imidazole rings is 5. The molecule has 5 saturated heterocycles. The molecule has 42 heteroatoms. The van der Waals surface area contributed by atoms with Gasteiger partial charge in [0.1, 0.15) is 76.5 Å². The van der Waals surface area contributed by atoms with Crippen LogP contribution in [0.4, 0.5) is 28.8 Å². The summed E-state index contributed by atoms with van der Waals surface area (Å²) in [5.41, 5.74) is 36.5. The number of nitrogens with two attached hydrogens (primary N) is 5. The van der Waals surface area contributed by atoms with Crippen LogP contribution in [0.5, 0.6) is 0 Å². The Bertz CT molecular complexity index is 4790. The number of nitrogens with zero attached hydrogens (tertiary/aromatic N) is 18. The van der Waals surface area contributed by atoms with Gasteiger partial charge in [-0.15, -0.1) is 77.5 Å². The SMILES string of the molecule is C=P(C)(C)CC[C@H]1OC(n2cnc3c(N)ccnc32)[C@H](Br)[C@@H]1O.C=P(C)(C)CC[C@H]1OC(n2cnc3c(N)ccnc32)[C@H](Cl)[C@@H]1O.C=P(C)(C)CC[C@H]1OC(n2cnc3c(N)ncnc32)[C@H](C)[C@@H]1O.C=P(C)(C)CC[C@H]1OC(n2cnc3c(N)ncnc32)[C@H](I)[C@@H]1O.C=P(C)(C)CC[C@H]1OC(n2cnc3c(N)ncnc32)[C@H](OC)[C@@H]1O. The number of fused-ring (bicyclic) bond motifs is 5. The predicted molar refractivity (Wildman–Crippen MR) is 490 cm³/mol. The number of methoxy groups -OCH3 is 1. The molecule has 0 aromatic carbocycles. The average Bonchev–Trinajstić information content (AvgIpc) is 1.65. The van der Waals surface area contributed by atoms with Gasteiger partial charge in [-0.05, 0) is 142 Å². The molecule has 0 radical (unpaired) electrons. The molecule has 20 atom stereocenters. The van der Waals surface area contributed by atoms with E-state index in [-0.39, 0.29) is 63.9 Å². The zero-order chi connectivity index (χ0) is 84.6. The molecule has 0 spiro atoms. The Morgan fingerprint density at radius 1 is 0.414 bits per heavy atom. The number of ether oxygens (including phenoxy) is 6. The second-order valence-corrected chi connectivity index (χ2v) is 58.2. The Balaban J connectivity index is 0.000000143. The number of rotatable bonds is 21. The standard InChI is InChI=1S/C15H22BrN4O2P.C15H22ClN4O2P.C15H24N5O3P.C15H24N5O2P.C14H21IN5O2P/c2*1-23(2,3)7-5-10-13(21)11(16)15(22-10)20-8-19-12-9(17)4-6-18-14(12)20;1-22-12-11(21)9(5-6-24(2,3)4)23-15(12)20-8-19-10-13(16)17-7-18-14(10)20;1-9-12(21)10(5-6-23(2,3)4)22-15(9)20-8-19-11-13(16)17-7-18-14(11)20;1-23(2,3)5-4-8-11(21)9(15)14(22-8)20-7-19-10-12(16)17-6-18-13(10)20/h2*4,6,8,10-11,13,15,21H,1,5,7H2,2-3H3,(H2,17,18);7-9,11-12,15,21H,2,5-6H2,1,3-4H3,(H2,16,17,18);7-10,12,15,21H,2,5-6H2,1,3-4H3,(H2,16,17,18);6-9,11,14,21H,1,4-5H2,2-3H3,(H2,16,17,18)/t2*10-,11-,13-,15?;9-,11-,12-,15?;9-,10-,12+,15?;8-,9-,11-,14?/m11111/s1. The largest absolute Gasteiger partial charge is 0.397 e. The molecule has 5 aliphatic rings. The Kier molecular flexibility index (Phi) is 29.4. The number of hydrogen-bond donors (Lipinski definition) is 10. The average molecular weight is 1900 g/mol. The van der Waals surface area contributed by atoms with Gasteiger partial charge in [0.25, 0.3) is 0 Å². The van der Waals surface area contributed by atoms with Crippen molar-refractivity contribution in [2.75, 3.05) is 133 Å². The zero-order valence-corrected chi connectivity index (χ0v) is 76.5. The van der Waals surface area contributed by atoms with Crippen molar-refractivity contribution in [2.24, 2.45) is 5.92 Å². The van der Waals surface area contributed by atoms with E-state index in [1.807, 2.05) is 20.6 Å². The van der Waals surface area contributed by atoms with Crippen LogP contribution in [-0.2, 0) is 28.4 Å². The highest BCUT2D eigenvalue weighted by Crippen LogP contribution is 2.48. The number of aliphatic hydroxyl groups excluding tert-OH is 5. The van der Waals surface area contributed by atoms with E-state index < -0.39 is 88.9 Å². The van der Waals surface area contributed by atoms with Gasteiger partial charge in [0.15, 0.2) is 70.6 Å². The van der Waals surface area contributed by atoms with E-state index in [1.54, 1.807) is 72.4 Å². The zero-order valence-electron chi connectivity index (χ0n) is 67.6. The third-order valence-corrected chi connectivity index (χ3v) is 30.9. The normalized spacial score (nSPS) is 28.4. The van der Waals surface area contributed by atoms with Crippen molar-refractivity contribution in [3.63, 3.8) is 0 Å². The van der Waals surface area contributed by atoms with Crippen LogP contribution in [-0.4, -0.2) is 330 Å². The van der Waals surface area contributed by atoms with E-state index in [1.165, 1.54) is 19.0 Å². The molecule has 0 aliphatic carbocycles. The van der Waals surface area contributed by atoms with Crippen molar-refractivity contribution in [3.8, 4) is 0 Å². The molecule has 34 nitrogen and oxygen atoms in total. The lowest BCUT2D eigenvalue weighted by Crippen LogP contribution is -2.33. The number of halogens is 3. The van der Waals surface area contributed by atoms with Crippen LogP contribution >= 0.6 is 84.6 Å². The molecule has 5 unspecified atom stereocenters. The van der Waals surface area contributed by atoms with Crippen LogP contribution in [0.25, 0.3) is 55.8 Å². The molecule has 5 aliphatic heterocycles. The van der Waals surface area contributed by atoms with Crippen LogP contribution in [0.3, 0.4) is 0 Å². The summed E-state index contributed by atoms with van der Waals surface area (Å²) in [4.78, 5) is 54.4. The van der Waals surface area contributed by atoms with Gasteiger partial charge in [-0.2, -0.15) is 0 Å². The maximum atomic E-state index is 10.6. The van der Waals surface area contributed by atoms with Crippen LogP contribution < -0.4 is 28.7 Å². The first kappa shape index (κ1) is 91.2. The molecule has 10 aromatic heterocycles. The topological polar surface area (TPSA) is 479 Å². The first-order chi connectivity index (χ1) is 54.4. The summed E-state index contributed by atoms with van der Waals surface area (Å²) >= 11 is 12.2. The molecular formula is C74H113BrClIN23O11P5. The minimum Gasteiger partial charge on any atom is -0.397 e. The Hall–Kier alpha value is -5.55. The molecule has 15 rings (SSSR count). The highest BCUT2D eigenvalue weighted by atomic mass is 127. The Labute approximate surface area is 703 Å². The number of anilines is 5. The lowest BCUT2D eigenvalue weighted by molar-refractivity contribution is -0.0496. The molecule has 0 bridgehead atoms. The smallest absolute Gasteiger partial charge is 0.167 e. The van der Waals surface area contributed by atoms with Crippen molar-refractivity contribution in [1.29, 1.82) is 0 Å². The summed E-state index contributed by atoms with van der Waals surface area (Å²) in [7, 11) is 1.56. The van der Waals surface area contributed by atoms with E-state index in [2.05, 4.69) is 201 Å². The minimum atomic E-state index is -1.19. The fraction of sp³-hybridized carbons (Fsp3) is 0.568. The number of pyridine rings is 2. The van der Waals surface area contributed by atoms with Gasteiger partial charge in [-0.3, -0.25) is 22.8 Å². The quantitative estimate of drug-likeness (QED) is 0.0186. The number of aromatic nitrogens is 18. The Morgan fingerprint density at radius 3 is 1.12 bits per heavy atom. The monoisotopic (exact) mass is 1900 g/mol.